The first-order valence-electron chi connectivity index (χ1n) is 25.3. The molecule has 77 heavy (non-hydrogen) atoms. The number of carbonyl (C=O) groups excluding carboxylic acids is 1. The second-order valence-corrected chi connectivity index (χ2v) is 18.1. The molecule has 0 fully saturated rings. The maximum atomic E-state index is 12.7. The summed E-state index contributed by atoms with van der Waals surface area (Å²) in [5, 5.41) is 56.5. The zero-order valence-corrected chi connectivity index (χ0v) is 45.5. The quantitative estimate of drug-likeness (QED) is 0.0104. The van der Waals surface area contributed by atoms with Crippen LogP contribution in [-0.2, 0) is 14.1 Å². The van der Waals surface area contributed by atoms with Gasteiger partial charge >= 0.3 is 5.97 Å². The molecule has 4 aromatic rings. The van der Waals surface area contributed by atoms with Crippen molar-refractivity contribution in [1.82, 2.24) is 0 Å². The van der Waals surface area contributed by atoms with Crippen LogP contribution >= 0.6 is 9.47 Å². The molecule has 0 bridgehead atoms. The van der Waals surface area contributed by atoms with Crippen molar-refractivity contribution in [3.8, 4) is 46.7 Å². The fourth-order valence-electron chi connectivity index (χ4n) is 6.12. The molecule has 13 nitrogen and oxygen atoms in total. The van der Waals surface area contributed by atoms with Gasteiger partial charge in [0.15, 0.2) is 0 Å². The number of halogens is 4. The summed E-state index contributed by atoms with van der Waals surface area (Å²) in [6, 6.07) is 22.7. The third-order valence-corrected chi connectivity index (χ3v) is 10.6. The summed E-state index contributed by atoms with van der Waals surface area (Å²) in [5.41, 5.74) is 0. The molecule has 18 heteroatoms. The van der Waals surface area contributed by atoms with E-state index in [9.17, 15) is 42.8 Å². The highest BCUT2D eigenvalue weighted by atomic mass is 31.0. The van der Waals surface area contributed by atoms with Crippen molar-refractivity contribution in [3.63, 3.8) is 0 Å². The second kappa shape index (κ2) is 44.5. The van der Waals surface area contributed by atoms with Crippen LogP contribution in [0.5, 0.6) is 23.0 Å². The Labute approximate surface area is 458 Å². The van der Waals surface area contributed by atoms with E-state index >= 15 is 0 Å². The van der Waals surface area contributed by atoms with Crippen molar-refractivity contribution in [3.05, 3.63) is 120 Å². The smallest absolute Gasteiger partial charge is 0.302 e. The number of hydrogen-bond donors (Lipinski definition) is 6. The lowest BCUT2D eigenvalue weighted by atomic mass is 10.0. The molecule has 4 rings (SSSR count). The van der Waals surface area contributed by atoms with Crippen molar-refractivity contribution in [2.24, 2.45) is 11.8 Å². The average Bonchev–Trinajstić information content (AvgIpc) is 3.39. The van der Waals surface area contributed by atoms with E-state index in [0.717, 1.165) is 12.8 Å². The van der Waals surface area contributed by atoms with E-state index in [2.05, 4.69) is 33.1 Å². The molecule has 432 valence electrons. The van der Waals surface area contributed by atoms with E-state index < -0.39 is 30.5 Å². The Morgan fingerprint density at radius 2 is 0.805 bits per heavy atom. The summed E-state index contributed by atoms with van der Waals surface area (Å²) < 4.78 is 81.7. The molecule has 0 saturated heterocycles. The molecule has 0 aliphatic heterocycles. The fourth-order valence-corrected chi connectivity index (χ4v) is 6.23. The normalized spacial score (nSPS) is 13.4. The van der Waals surface area contributed by atoms with Gasteiger partial charge in [0.1, 0.15) is 72.7 Å². The summed E-state index contributed by atoms with van der Waals surface area (Å²) in [4.78, 5) is 10.7. The van der Waals surface area contributed by atoms with E-state index in [-0.39, 0.29) is 89.1 Å². The number of hydrogen-bond acceptors (Lipinski definition) is 13. The topological polar surface area (TPSA) is 194 Å². The maximum Gasteiger partial charge on any atom is 0.302 e. The van der Waals surface area contributed by atoms with Gasteiger partial charge in [0, 0.05) is 42.5 Å². The Kier molecular flexibility index (Phi) is 41.4. The van der Waals surface area contributed by atoms with Gasteiger partial charge in [0.05, 0.1) is 49.8 Å². The van der Waals surface area contributed by atoms with Crippen molar-refractivity contribution in [1.29, 1.82) is 0 Å². The zero-order chi connectivity index (χ0) is 56.5. The van der Waals surface area contributed by atoms with Gasteiger partial charge in [-0.25, -0.2) is 17.6 Å². The van der Waals surface area contributed by atoms with Gasteiger partial charge in [0.25, 0.3) is 0 Å². The van der Waals surface area contributed by atoms with Crippen LogP contribution in [0, 0.1) is 58.8 Å². The molecule has 0 radical (unpaired) electrons. The van der Waals surface area contributed by atoms with Crippen molar-refractivity contribution >= 4 is 15.4 Å². The molecule has 0 saturated carbocycles. The number of esters is 1. The Morgan fingerprint density at radius 3 is 1.09 bits per heavy atom. The summed E-state index contributed by atoms with van der Waals surface area (Å²) in [6.07, 6.45) is 3.03. The number of ether oxygens (including phenoxy) is 5. The standard InChI is InChI=1S/C16H22FO3P.C16H21FO3.C14H19FO4.C12H17FO3.CH4.H2/c1-13(4-2-3-11-20-21)5-8-15(18)12-19-16-9-6-14(17)7-10-16;1-13(4-2-3-11-18)5-8-15(19)12-20-16-9-6-14(17)7-10-16;1-10(19-11(2)16)3-6-13(17)9-18-14-7-4-12(15)5-8-14;1-9(14)2-5-11(15)8-16-12-6-3-10(13)4-7-12;;/h6-7,9-10,13,15,18H,3,5,8,11-12,21H2,1H3;6-7,9-10,13,15,18-19H,3,5,8,11-12H2,1H3;4-5,7-8,10,13,17H,3,6,9H2,1-2H3;3-4,6-7,9,11,14-15H,2,5,8H2,1H3;1H4;1H/t;13?,15-;;9?,11-;;/m.0.0../s1/i;;;;;1+2. The van der Waals surface area contributed by atoms with E-state index in [4.69, 9.17) is 38.4 Å². The lowest BCUT2D eigenvalue weighted by molar-refractivity contribution is -0.146. The van der Waals surface area contributed by atoms with Crippen molar-refractivity contribution in [2.75, 3.05) is 39.6 Å². The van der Waals surface area contributed by atoms with Crippen LogP contribution < -0.4 is 18.9 Å². The molecule has 0 aromatic heterocycles. The number of aliphatic hydroxyl groups is 6. The highest BCUT2D eigenvalue weighted by molar-refractivity contribution is 7.09. The van der Waals surface area contributed by atoms with E-state index in [1.165, 1.54) is 91.9 Å². The van der Waals surface area contributed by atoms with Crippen LogP contribution in [0.25, 0.3) is 0 Å². The predicted octanol–water partition coefficient (Wildman–Crippen LogP) is 10.5. The average molecular weight is 1110 g/mol. The maximum absolute atomic E-state index is 12.7. The number of rotatable bonds is 28. The SMILES string of the molecule is C.CC(=O)OC(C)CCC(O)COc1ccc(F)cc1.CC(C#CCCO)CC[C@H](O)COc1ccc(F)cc1.CC(C#CCCOP)CCC(O)COc1ccc(F)cc1.CC(O)CC[C@H](O)COc1ccc(F)cc1.[3HH]. The van der Waals surface area contributed by atoms with E-state index in [1.807, 2.05) is 13.8 Å². The van der Waals surface area contributed by atoms with Crippen LogP contribution in [0.4, 0.5) is 17.6 Å². The lowest BCUT2D eigenvalue weighted by Gasteiger charge is -2.15. The fraction of sp³-hybridized carbons (Fsp3) is 0.508. The molecule has 9 atom stereocenters. The Balaban J connectivity index is 0. The molecule has 0 aliphatic rings. The Morgan fingerprint density at radius 1 is 0.506 bits per heavy atom. The molecule has 6 N–H and O–H groups in total. The largest absolute Gasteiger partial charge is 0.491 e. The van der Waals surface area contributed by atoms with Gasteiger partial charge in [-0.15, -0.1) is 23.7 Å². The summed E-state index contributed by atoms with van der Waals surface area (Å²) in [7, 11) is 2.20. The first kappa shape index (κ1) is 71.5. The van der Waals surface area contributed by atoms with Crippen LogP contribution in [0.1, 0.15) is 108 Å². The number of carbonyl (C=O) groups is 1. The summed E-state index contributed by atoms with van der Waals surface area (Å²) in [6.45, 7) is 10.2. The van der Waals surface area contributed by atoms with Gasteiger partial charge in [-0.3, -0.25) is 4.79 Å². The van der Waals surface area contributed by atoms with Crippen molar-refractivity contribution < 1.29 is 82.6 Å². The monoisotopic (exact) mass is 1110 g/mol. The molecule has 0 heterocycles. The van der Waals surface area contributed by atoms with Gasteiger partial charge in [-0.05, 0) is 162 Å². The molecule has 4 aromatic carbocycles. The molecule has 0 spiro atoms. The third kappa shape index (κ3) is 41.3. The number of benzene rings is 4. The van der Waals surface area contributed by atoms with Gasteiger partial charge in [-0.2, -0.15) is 0 Å². The second-order valence-electron chi connectivity index (χ2n) is 17.8. The molecule has 0 aliphatic carbocycles. The predicted molar refractivity (Wildman–Crippen MR) is 296 cm³/mol. The first-order chi connectivity index (χ1) is 36.3. The van der Waals surface area contributed by atoms with Crippen LogP contribution in [0.15, 0.2) is 97.1 Å². The van der Waals surface area contributed by atoms with Crippen LogP contribution in [-0.4, -0.2) is 113 Å². The van der Waals surface area contributed by atoms with Gasteiger partial charge < -0.3 is 58.8 Å². The van der Waals surface area contributed by atoms with Gasteiger partial charge in [0.2, 0.25) is 0 Å². The highest BCUT2D eigenvalue weighted by Crippen LogP contribution is 2.17. The first-order valence-corrected chi connectivity index (χ1v) is 25.8. The lowest BCUT2D eigenvalue weighted by Crippen LogP contribution is -2.21. The highest BCUT2D eigenvalue weighted by Gasteiger charge is 2.13. The minimum absolute atomic E-state index is 0. The minimum Gasteiger partial charge on any atom is -0.491 e. The minimum atomic E-state index is -0.650. The van der Waals surface area contributed by atoms with Crippen LogP contribution in [0.3, 0.4) is 0 Å². The molecular weight excluding hydrogens is 1020 g/mol. The summed E-state index contributed by atoms with van der Waals surface area (Å²) in [5.74, 6) is 13.0. The van der Waals surface area contributed by atoms with Crippen LogP contribution in [0.2, 0.25) is 0 Å². The Hall–Kier alpha value is -5.46. The van der Waals surface area contributed by atoms with Gasteiger partial charge in [-0.1, -0.05) is 21.3 Å². The Bertz CT molecular complexity index is 2210. The third-order valence-electron chi connectivity index (χ3n) is 10.4. The molecule has 0 amide bonds. The van der Waals surface area contributed by atoms with E-state index in [0.29, 0.717) is 81.0 Å². The number of aliphatic hydroxyl groups excluding tert-OH is 6. The molecule has 7 unspecified atom stereocenters. The van der Waals surface area contributed by atoms with Crippen molar-refractivity contribution in [2.45, 2.75) is 143 Å². The van der Waals surface area contributed by atoms with E-state index in [1.54, 1.807) is 26.0 Å². The summed E-state index contributed by atoms with van der Waals surface area (Å²) >= 11 is 0. The molecular formula is C59H85F4O13P. The zero-order valence-electron chi connectivity index (χ0n) is 44.3.